The van der Waals surface area contributed by atoms with Gasteiger partial charge in [-0.25, -0.2) is 35.3 Å². The molecule has 35 heavy (non-hydrogen) atoms. The quantitative estimate of drug-likeness (QED) is 0.144. The van der Waals surface area contributed by atoms with Crippen molar-refractivity contribution in [1.29, 1.82) is 0 Å². The Morgan fingerprint density at radius 2 is 0.857 bits per heavy atom. The Hall–Kier alpha value is -1.72. The van der Waals surface area contributed by atoms with Gasteiger partial charge in [-0.05, 0) is 54.6 Å². The number of rotatable bonds is 9. The Bertz CT molecular complexity index is 1130. The number of hydrogen-bond donors (Lipinski definition) is 3. The van der Waals surface area contributed by atoms with Crippen LogP contribution in [0.3, 0.4) is 0 Å². The van der Waals surface area contributed by atoms with Gasteiger partial charge in [-0.15, -0.1) is 13.9 Å². The first kappa shape index (κ1) is 27.9. The van der Waals surface area contributed by atoms with Crippen LogP contribution in [0, 0.1) is 17.5 Å². The molecule has 188 valence electrons. The molecule has 0 atom stereocenters. The zero-order chi connectivity index (χ0) is 25.9. The van der Waals surface area contributed by atoms with Crippen molar-refractivity contribution in [3.63, 3.8) is 0 Å². The van der Waals surface area contributed by atoms with Gasteiger partial charge < -0.3 is 0 Å². The average molecular weight is 707 g/mol. The molecule has 3 rings (SSSR count). The van der Waals surface area contributed by atoms with E-state index >= 15 is 0 Å². The van der Waals surface area contributed by atoms with E-state index in [9.17, 15) is 17.7 Å². The lowest BCUT2D eigenvalue weighted by Gasteiger charge is -2.29. The number of anilines is 3. The van der Waals surface area contributed by atoms with E-state index in [4.69, 9.17) is 31.4 Å². The summed E-state index contributed by atoms with van der Waals surface area (Å²) in [5.41, 5.74) is -1.22. The van der Waals surface area contributed by atoms with Gasteiger partial charge in [0.15, 0.2) is 17.5 Å². The topological polar surface area (TPSA) is 133 Å². The number of benzene rings is 3. The number of hydrogen-bond acceptors (Lipinski definition) is 10. The zero-order valence-electron chi connectivity index (χ0n) is 17.1. The number of hydrazine groups is 3. The summed E-state index contributed by atoms with van der Waals surface area (Å²) < 4.78 is 72.6. The van der Waals surface area contributed by atoms with E-state index in [1.165, 1.54) is 36.4 Å². The van der Waals surface area contributed by atoms with Crippen molar-refractivity contribution in [3.05, 3.63) is 85.5 Å². The Labute approximate surface area is 222 Å². The van der Waals surface area contributed by atoms with E-state index in [1.54, 1.807) is 0 Å². The van der Waals surface area contributed by atoms with E-state index in [0.717, 1.165) is 18.2 Å². The molecule has 0 saturated heterocycles. The van der Waals surface area contributed by atoms with Crippen LogP contribution in [0.5, 0.6) is 0 Å². The molecule has 0 aromatic heterocycles. The fourth-order valence-electron chi connectivity index (χ4n) is 2.48. The maximum Gasteiger partial charge on any atom is 0.543 e. The van der Waals surface area contributed by atoms with E-state index in [0.29, 0.717) is 13.4 Å². The van der Waals surface area contributed by atoms with Crippen molar-refractivity contribution in [2.24, 2.45) is 17.5 Å². The van der Waals surface area contributed by atoms with Crippen LogP contribution < -0.4 is 33.0 Å². The van der Waals surface area contributed by atoms with Crippen molar-refractivity contribution < 1.29 is 31.6 Å². The molecular weight excluding hydrogens is 692 g/mol. The predicted molar refractivity (Wildman–Crippen MR) is 133 cm³/mol. The Morgan fingerprint density at radius 3 is 1.09 bits per heavy atom. The van der Waals surface area contributed by atoms with Crippen LogP contribution in [0.4, 0.5) is 30.2 Å². The third-order valence-electron chi connectivity index (χ3n) is 4.01. The average Bonchev–Trinajstić information content (AvgIpc) is 2.72. The molecule has 0 fully saturated rings. The highest BCUT2D eigenvalue weighted by atomic mass is 79.9. The van der Waals surface area contributed by atoms with Crippen molar-refractivity contribution >= 4 is 72.7 Å². The molecular formula is C18H15Br3F3N6O4P. The van der Waals surface area contributed by atoms with Crippen LogP contribution in [-0.2, 0) is 18.4 Å². The summed E-state index contributed by atoms with van der Waals surface area (Å²) in [5, 5.41) is 0.667. The summed E-state index contributed by atoms with van der Waals surface area (Å²) in [5.74, 6) is 14.4. The van der Waals surface area contributed by atoms with Gasteiger partial charge in [-0.1, -0.05) is 47.8 Å². The van der Waals surface area contributed by atoms with E-state index in [1.807, 2.05) is 0 Å². The van der Waals surface area contributed by atoms with Gasteiger partial charge >= 0.3 is 7.82 Å². The fourth-order valence-corrected chi connectivity index (χ4v) is 4.48. The third-order valence-corrected chi connectivity index (χ3v) is 6.61. The summed E-state index contributed by atoms with van der Waals surface area (Å²) >= 11 is 9.24. The first-order chi connectivity index (χ1) is 16.4. The minimum absolute atomic E-state index is 0.222. The molecule has 0 saturated carbocycles. The van der Waals surface area contributed by atoms with Gasteiger partial charge in [0.25, 0.3) is 0 Å². The van der Waals surface area contributed by atoms with Crippen molar-refractivity contribution in [3.8, 4) is 0 Å². The lowest BCUT2D eigenvalue weighted by Crippen LogP contribution is -2.39. The molecule has 0 aliphatic rings. The minimum atomic E-state index is -5.11. The van der Waals surface area contributed by atoms with Crippen LogP contribution in [0.2, 0.25) is 0 Å². The molecule has 0 aliphatic heterocycles. The maximum absolute atomic E-state index is 14.3. The van der Waals surface area contributed by atoms with E-state index in [2.05, 4.69) is 47.8 Å². The molecule has 0 heterocycles. The highest BCUT2D eigenvalue weighted by Gasteiger charge is 2.38. The fraction of sp³-hybridized carbons (Fsp3) is 0. The molecule has 0 unspecified atom stereocenters. The normalized spacial score (nSPS) is 11.5. The second-order valence-electron chi connectivity index (χ2n) is 6.46. The van der Waals surface area contributed by atoms with Crippen LogP contribution >= 0.6 is 55.6 Å². The van der Waals surface area contributed by atoms with Crippen LogP contribution in [0.25, 0.3) is 0 Å². The number of halogens is 6. The summed E-state index contributed by atoms with van der Waals surface area (Å²) in [7, 11) is -5.11. The molecule has 0 spiro atoms. The molecule has 0 radical (unpaired) electrons. The summed E-state index contributed by atoms with van der Waals surface area (Å²) in [6.45, 7) is 0. The molecule has 3 aromatic rings. The van der Waals surface area contributed by atoms with Crippen molar-refractivity contribution in [2.45, 2.75) is 0 Å². The van der Waals surface area contributed by atoms with Crippen LogP contribution in [0.1, 0.15) is 0 Å². The molecule has 6 N–H and O–H groups in total. The first-order valence-electron chi connectivity index (χ1n) is 9.07. The van der Waals surface area contributed by atoms with E-state index in [-0.39, 0.29) is 15.5 Å². The third kappa shape index (κ3) is 7.16. The van der Waals surface area contributed by atoms with Gasteiger partial charge in [-0.2, -0.15) is 15.5 Å². The summed E-state index contributed by atoms with van der Waals surface area (Å²) in [6.07, 6.45) is 0. The summed E-state index contributed by atoms with van der Waals surface area (Å²) in [6, 6.07) is 10.9. The summed E-state index contributed by atoms with van der Waals surface area (Å²) in [4.78, 5) is 0. The maximum atomic E-state index is 14.3. The molecule has 0 bridgehead atoms. The van der Waals surface area contributed by atoms with Crippen LogP contribution in [0.15, 0.2) is 68.0 Å². The number of phosphoric acid groups is 1. The lowest BCUT2D eigenvalue weighted by atomic mass is 10.3. The highest BCUT2D eigenvalue weighted by molar-refractivity contribution is 9.11. The smallest absolute Gasteiger partial charge is 0.222 e. The Balaban J connectivity index is 1.93. The van der Waals surface area contributed by atoms with Gasteiger partial charge in [0.1, 0.15) is 17.1 Å². The monoisotopic (exact) mass is 704 g/mol. The van der Waals surface area contributed by atoms with Gasteiger partial charge in [0.05, 0.1) is 0 Å². The second-order valence-corrected chi connectivity index (χ2v) is 10.6. The SMILES string of the molecule is NN(OP(=O)(ON(N)c1ccc(Br)cc1F)ON(N)c1ccc(Br)cc1F)c1ccc(Br)cc1F. The van der Waals surface area contributed by atoms with E-state index < -0.39 is 42.3 Å². The molecule has 0 amide bonds. The Morgan fingerprint density at radius 1 is 0.600 bits per heavy atom. The van der Waals surface area contributed by atoms with Crippen LogP contribution in [-0.4, -0.2) is 0 Å². The second kappa shape index (κ2) is 11.6. The standard InChI is InChI=1S/C18H15Br3F3N6O4P/c19-10-1-4-16(13(22)7-10)28(25)32-35(31,33-29(26)17-5-2-11(20)8-14(17)23)34-30(27)18-6-3-12(21)9-15(18)24/h1-9H,25-27H2. The minimum Gasteiger partial charge on any atom is -0.222 e. The highest BCUT2D eigenvalue weighted by Crippen LogP contribution is 2.52. The number of nitrogens with two attached hydrogens (primary N) is 3. The number of nitrogens with zero attached hydrogens (tertiary/aromatic N) is 3. The van der Waals surface area contributed by atoms with Gasteiger partial charge in [0.2, 0.25) is 0 Å². The largest absolute Gasteiger partial charge is 0.543 e. The molecule has 17 heteroatoms. The lowest BCUT2D eigenvalue weighted by molar-refractivity contribution is 0.0845. The molecule has 3 aromatic carbocycles. The van der Waals surface area contributed by atoms with Gasteiger partial charge in [-0.3, -0.25) is 0 Å². The molecule has 10 nitrogen and oxygen atoms in total. The Kier molecular flexibility index (Phi) is 9.20. The molecule has 0 aliphatic carbocycles. The first-order valence-corrected chi connectivity index (χ1v) is 12.9. The zero-order valence-corrected chi connectivity index (χ0v) is 22.8. The van der Waals surface area contributed by atoms with Crippen molar-refractivity contribution in [2.75, 3.05) is 15.5 Å². The van der Waals surface area contributed by atoms with Crippen molar-refractivity contribution in [1.82, 2.24) is 0 Å². The van der Waals surface area contributed by atoms with Gasteiger partial charge in [0, 0.05) is 13.4 Å². The predicted octanol–water partition coefficient (Wildman–Crippen LogP) is 5.74.